The lowest BCUT2D eigenvalue weighted by Crippen LogP contribution is -2.47. The van der Waals surface area contributed by atoms with Gasteiger partial charge in [-0.25, -0.2) is 4.79 Å². The zero-order valence-electron chi connectivity index (χ0n) is 16.3. The van der Waals surface area contributed by atoms with E-state index in [4.69, 9.17) is 0 Å². The first-order chi connectivity index (χ1) is 14.2. The third-order valence-electron chi connectivity index (χ3n) is 4.60. The van der Waals surface area contributed by atoms with Crippen LogP contribution in [0.1, 0.15) is 23.2 Å². The molecule has 0 spiro atoms. The molecule has 2 heterocycles. The maximum Gasteiger partial charge on any atom is 0.398 e. The van der Waals surface area contributed by atoms with Crippen LogP contribution in [0.3, 0.4) is 0 Å². The molecule has 7 nitrogen and oxygen atoms in total. The molecule has 11 heteroatoms. The van der Waals surface area contributed by atoms with Crippen LogP contribution in [0.25, 0.3) is 0 Å². The van der Waals surface area contributed by atoms with Crippen LogP contribution in [0.5, 0.6) is 0 Å². The van der Waals surface area contributed by atoms with Gasteiger partial charge in [0.25, 0.3) is 5.91 Å². The Balaban J connectivity index is 1.50. The molecular weight excluding hydrogens is 419 g/mol. The number of nitrogens with one attached hydrogen (secondary N) is 2. The fraction of sp³-hybridized carbons (Fsp3) is 0.421. The van der Waals surface area contributed by atoms with Crippen molar-refractivity contribution in [2.75, 3.05) is 24.2 Å². The maximum atomic E-state index is 12.6. The average molecular weight is 441 g/mol. The number of carbonyl (C=O) groups excluding carboxylic acids is 2. The number of carbonyl (C=O) groups is 2. The van der Waals surface area contributed by atoms with E-state index in [1.807, 2.05) is 0 Å². The quantitative estimate of drug-likeness (QED) is 0.696. The number of benzene rings is 1. The van der Waals surface area contributed by atoms with E-state index >= 15 is 0 Å². The van der Waals surface area contributed by atoms with Gasteiger partial charge in [-0.05, 0) is 25.0 Å². The molecule has 2 aromatic rings. The Hall–Kier alpha value is -2.69. The van der Waals surface area contributed by atoms with Gasteiger partial charge in [0, 0.05) is 37.3 Å². The molecule has 2 N–H and O–H groups in total. The summed E-state index contributed by atoms with van der Waals surface area (Å²) in [4.78, 5) is 26.7. The number of nitrogens with zero attached hydrogens (tertiary/aromatic N) is 3. The smallest absolute Gasteiger partial charge is 0.349 e. The largest absolute Gasteiger partial charge is 0.398 e. The second-order valence-electron chi connectivity index (χ2n) is 6.97. The van der Waals surface area contributed by atoms with Gasteiger partial charge in [-0.2, -0.15) is 18.3 Å². The predicted molar refractivity (Wildman–Crippen MR) is 108 cm³/mol. The van der Waals surface area contributed by atoms with Gasteiger partial charge in [-0.1, -0.05) is 12.1 Å². The number of rotatable bonds is 5. The second-order valence-corrected chi connectivity index (χ2v) is 7.98. The highest BCUT2D eigenvalue weighted by Crippen LogP contribution is 2.32. The number of likely N-dealkylation sites (tertiary alicyclic amines) is 1. The molecule has 162 valence electrons. The number of halogens is 3. The Bertz CT molecular complexity index is 894. The van der Waals surface area contributed by atoms with E-state index in [9.17, 15) is 22.8 Å². The molecule has 1 saturated heterocycles. The number of thioether (sulfide) groups is 1. The molecule has 30 heavy (non-hydrogen) atoms. The molecule has 3 amide bonds. The fourth-order valence-corrected chi connectivity index (χ4v) is 3.85. The predicted octanol–water partition coefficient (Wildman–Crippen LogP) is 3.50. The van der Waals surface area contributed by atoms with Crippen LogP contribution in [0.15, 0.2) is 41.6 Å². The maximum absolute atomic E-state index is 12.6. The summed E-state index contributed by atoms with van der Waals surface area (Å²) >= 11 is 0.637. The van der Waals surface area contributed by atoms with Gasteiger partial charge in [0.15, 0.2) is 0 Å². The molecular formula is C19H22F3N5O2S. The van der Waals surface area contributed by atoms with Crippen molar-refractivity contribution in [1.29, 1.82) is 0 Å². The van der Waals surface area contributed by atoms with Crippen LogP contribution in [-0.2, 0) is 7.05 Å². The van der Waals surface area contributed by atoms with Crippen molar-refractivity contribution in [3.8, 4) is 0 Å². The Morgan fingerprint density at radius 3 is 2.57 bits per heavy atom. The molecule has 1 aliphatic rings. The van der Waals surface area contributed by atoms with Crippen LogP contribution in [0, 0.1) is 0 Å². The van der Waals surface area contributed by atoms with Gasteiger partial charge < -0.3 is 15.5 Å². The van der Waals surface area contributed by atoms with Crippen LogP contribution in [0.2, 0.25) is 0 Å². The number of urea groups is 1. The molecule has 1 aromatic heterocycles. The number of aryl methyl sites for hydroxylation is 1. The van der Waals surface area contributed by atoms with E-state index in [1.165, 1.54) is 6.20 Å². The summed E-state index contributed by atoms with van der Waals surface area (Å²) in [6.07, 6.45) is 0.00993. The highest BCUT2D eigenvalue weighted by Gasteiger charge is 2.28. The Morgan fingerprint density at radius 1 is 1.23 bits per heavy atom. The lowest BCUT2D eigenvalue weighted by atomic mass is 10.0. The summed E-state index contributed by atoms with van der Waals surface area (Å²) in [7, 11) is 1.73. The number of hydrogen-bond donors (Lipinski definition) is 2. The fourth-order valence-electron chi connectivity index (χ4n) is 3.08. The van der Waals surface area contributed by atoms with Gasteiger partial charge in [0.2, 0.25) is 0 Å². The summed E-state index contributed by atoms with van der Waals surface area (Å²) in [6.45, 7) is 0.864. The number of aromatic nitrogens is 2. The minimum absolute atomic E-state index is 0.0589. The molecule has 1 fully saturated rings. The summed E-state index contributed by atoms with van der Waals surface area (Å²) < 4.78 is 39.1. The van der Waals surface area contributed by atoms with Crippen molar-refractivity contribution >= 4 is 29.4 Å². The first-order valence-electron chi connectivity index (χ1n) is 9.35. The zero-order valence-corrected chi connectivity index (χ0v) is 17.1. The van der Waals surface area contributed by atoms with Crippen LogP contribution in [0.4, 0.5) is 23.7 Å². The van der Waals surface area contributed by atoms with Crippen LogP contribution in [-0.4, -0.2) is 57.7 Å². The monoisotopic (exact) mass is 441 g/mol. The van der Waals surface area contributed by atoms with Crippen molar-refractivity contribution in [2.24, 2.45) is 7.05 Å². The topological polar surface area (TPSA) is 79.3 Å². The van der Waals surface area contributed by atoms with Gasteiger partial charge in [0.1, 0.15) is 0 Å². The summed E-state index contributed by atoms with van der Waals surface area (Å²) in [6, 6.07) is 5.99. The summed E-state index contributed by atoms with van der Waals surface area (Å²) in [5.41, 5.74) is 0.828. The molecule has 0 unspecified atom stereocenters. The van der Waals surface area contributed by atoms with E-state index in [0.29, 0.717) is 53.8 Å². The number of anilines is 1. The van der Waals surface area contributed by atoms with E-state index < -0.39 is 11.9 Å². The number of para-hydroxylation sites is 1. The zero-order chi connectivity index (χ0) is 21.7. The number of piperidine rings is 1. The second kappa shape index (κ2) is 9.41. The minimum Gasteiger partial charge on any atom is -0.349 e. The molecule has 3 rings (SSSR count). The lowest BCUT2D eigenvalue weighted by Gasteiger charge is -2.32. The van der Waals surface area contributed by atoms with Crippen molar-refractivity contribution < 1.29 is 22.8 Å². The van der Waals surface area contributed by atoms with Crippen molar-refractivity contribution in [3.63, 3.8) is 0 Å². The average Bonchev–Trinajstić information content (AvgIpc) is 3.14. The highest BCUT2D eigenvalue weighted by molar-refractivity contribution is 7.99. The van der Waals surface area contributed by atoms with Crippen molar-refractivity contribution in [3.05, 3.63) is 42.2 Å². The first kappa shape index (κ1) is 22.0. The molecule has 1 aromatic carbocycles. The van der Waals surface area contributed by atoms with E-state index in [2.05, 4.69) is 15.7 Å². The highest BCUT2D eigenvalue weighted by atomic mass is 32.2. The SMILES string of the molecule is Cn1cc(C(=O)NC2CCN(C(=O)Nc3ccccc3SCC(F)(F)F)CC2)cn1. The number of amides is 3. The molecule has 0 bridgehead atoms. The van der Waals surface area contributed by atoms with Crippen LogP contribution < -0.4 is 10.6 Å². The molecule has 0 radical (unpaired) electrons. The summed E-state index contributed by atoms with van der Waals surface area (Å²) in [5.74, 6) is -1.23. The Labute approximate surface area is 176 Å². The van der Waals surface area contributed by atoms with Gasteiger partial charge in [0.05, 0.1) is 23.2 Å². The van der Waals surface area contributed by atoms with E-state index in [1.54, 1.807) is 47.1 Å². The molecule has 1 aliphatic heterocycles. The third-order valence-corrected chi connectivity index (χ3v) is 5.74. The summed E-state index contributed by atoms with van der Waals surface area (Å²) in [5, 5.41) is 9.61. The van der Waals surface area contributed by atoms with E-state index in [-0.39, 0.29) is 18.0 Å². The van der Waals surface area contributed by atoms with Gasteiger partial charge in [-0.3, -0.25) is 9.48 Å². The Kier molecular flexibility index (Phi) is 6.91. The van der Waals surface area contributed by atoms with E-state index in [0.717, 1.165) is 0 Å². The number of alkyl halides is 3. The molecule has 0 atom stereocenters. The van der Waals surface area contributed by atoms with Gasteiger partial charge >= 0.3 is 12.2 Å². The normalized spacial score (nSPS) is 15.1. The van der Waals surface area contributed by atoms with Gasteiger partial charge in [-0.15, -0.1) is 11.8 Å². The molecule has 0 saturated carbocycles. The first-order valence-corrected chi connectivity index (χ1v) is 10.3. The Morgan fingerprint density at radius 2 is 1.93 bits per heavy atom. The third kappa shape index (κ3) is 6.15. The standard InChI is InChI=1S/C19H22F3N5O2S/c1-26-11-13(10-23-26)17(28)24-14-6-8-27(9-7-14)18(29)25-15-4-2-3-5-16(15)30-12-19(20,21)22/h2-5,10-11,14H,6-9,12H2,1H3,(H,24,28)(H,25,29). The number of hydrogen-bond acceptors (Lipinski definition) is 4. The van der Waals surface area contributed by atoms with Crippen molar-refractivity contribution in [1.82, 2.24) is 20.0 Å². The van der Waals surface area contributed by atoms with Crippen molar-refractivity contribution in [2.45, 2.75) is 30.0 Å². The molecule has 0 aliphatic carbocycles. The van der Waals surface area contributed by atoms with Crippen LogP contribution >= 0.6 is 11.8 Å². The lowest BCUT2D eigenvalue weighted by molar-refractivity contribution is -0.105. The minimum atomic E-state index is -4.29.